The van der Waals surface area contributed by atoms with Crippen LogP contribution in [0.15, 0.2) is 0 Å². The molecule has 0 aromatic carbocycles. The lowest BCUT2D eigenvalue weighted by Gasteiger charge is -2.37. The lowest BCUT2D eigenvalue weighted by atomic mass is 9.85. The van der Waals surface area contributed by atoms with Crippen LogP contribution in [-0.2, 0) is 4.79 Å². The second-order valence-electron chi connectivity index (χ2n) is 7.40. The van der Waals surface area contributed by atoms with Crippen molar-refractivity contribution in [3.05, 3.63) is 0 Å². The molecule has 1 saturated heterocycles. The van der Waals surface area contributed by atoms with E-state index in [-0.39, 0.29) is 11.9 Å². The Labute approximate surface area is 135 Å². The minimum absolute atomic E-state index is 0.00656. The summed E-state index contributed by atoms with van der Waals surface area (Å²) >= 11 is 0. The van der Waals surface area contributed by atoms with Crippen molar-refractivity contribution in [2.75, 3.05) is 19.7 Å². The number of hydrogen-bond donors (Lipinski definition) is 2. The van der Waals surface area contributed by atoms with Gasteiger partial charge >= 0.3 is 0 Å². The first-order valence-corrected chi connectivity index (χ1v) is 9.27. The number of rotatable bonds is 6. The first kappa shape index (κ1) is 17.7. The predicted octanol–water partition coefficient (Wildman–Crippen LogP) is 2.55. The monoisotopic (exact) mass is 310 g/mol. The Morgan fingerprint density at radius 1 is 1.23 bits per heavy atom. The molecule has 1 aliphatic heterocycles. The van der Waals surface area contributed by atoms with E-state index in [1.54, 1.807) is 0 Å². The van der Waals surface area contributed by atoms with Crippen LogP contribution in [0.25, 0.3) is 0 Å². The Morgan fingerprint density at radius 3 is 2.55 bits per heavy atom. The fourth-order valence-electron chi connectivity index (χ4n) is 4.01. The smallest absolute Gasteiger partial charge is 0.237 e. The summed E-state index contributed by atoms with van der Waals surface area (Å²) in [6.45, 7) is 6.66. The molecule has 2 fully saturated rings. The maximum absolute atomic E-state index is 12.5. The molecule has 2 rings (SSSR count). The van der Waals surface area contributed by atoms with Gasteiger partial charge in [-0.25, -0.2) is 0 Å². The second kappa shape index (κ2) is 8.88. The van der Waals surface area contributed by atoms with E-state index in [9.17, 15) is 4.79 Å². The van der Waals surface area contributed by atoms with Crippen LogP contribution in [-0.4, -0.2) is 47.7 Å². The maximum Gasteiger partial charge on any atom is 0.237 e. The fourth-order valence-corrected chi connectivity index (χ4v) is 4.01. The molecule has 2 aliphatic rings. The average molecular weight is 310 g/mol. The van der Waals surface area contributed by atoms with E-state index >= 15 is 0 Å². The van der Waals surface area contributed by atoms with Gasteiger partial charge in [-0.1, -0.05) is 19.8 Å². The Bertz CT molecular complexity index is 340. The van der Waals surface area contributed by atoms with Crippen LogP contribution in [0.2, 0.25) is 0 Å². The topological polar surface area (TPSA) is 52.6 Å². The van der Waals surface area contributed by atoms with E-state index in [4.69, 9.17) is 5.11 Å². The van der Waals surface area contributed by atoms with Crippen LogP contribution in [0, 0.1) is 11.8 Å². The molecule has 4 nitrogen and oxygen atoms in total. The molecule has 4 heteroatoms. The van der Waals surface area contributed by atoms with E-state index in [1.165, 1.54) is 19.3 Å². The molecule has 22 heavy (non-hydrogen) atoms. The van der Waals surface area contributed by atoms with Gasteiger partial charge in [0.2, 0.25) is 5.91 Å². The highest BCUT2D eigenvalue weighted by atomic mass is 16.2. The van der Waals surface area contributed by atoms with E-state index in [1.807, 2.05) is 0 Å². The van der Waals surface area contributed by atoms with Crippen LogP contribution in [0.4, 0.5) is 0 Å². The molecule has 1 saturated carbocycles. The SMILES string of the molecule is C[C@@H]1CCCC[C@@H]1NC(=O)[C@H](C)N1CCC(CCCO)CC1. The maximum atomic E-state index is 12.5. The van der Waals surface area contributed by atoms with Crippen LogP contribution in [0.3, 0.4) is 0 Å². The van der Waals surface area contributed by atoms with Gasteiger partial charge in [0.25, 0.3) is 0 Å². The zero-order chi connectivity index (χ0) is 15.9. The summed E-state index contributed by atoms with van der Waals surface area (Å²) in [5, 5.41) is 12.2. The van der Waals surface area contributed by atoms with Crippen molar-refractivity contribution in [3.63, 3.8) is 0 Å². The molecular weight excluding hydrogens is 276 g/mol. The van der Waals surface area contributed by atoms with Crippen molar-refractivity contribution in [2.24, 2.45) is 11.8 Å². The summed E-state index contributed by atoms with van der Waals surface area (Å²) in [5.74, 6) is 1.57. The average Bonchev–Trinajstić information content (AvgIpc) is 2.55. The number of aliphatic hydroxyl groups is 1. The Morgan fingerprint density at radius 2 is 1.91 bits per heavy atom. The molecule has 0 aromatic rings. The first-order chi connectivity index (χ1) is 10.6. The summed E-state index contributed by atoms with van der Waals surface area (Å²) in [6.07, 6.45) is 9.32. The van der Waals surface area contributed by atoms with Crippen LogP contribution >= 0.6 is 0 Å². The molecule has 0 aromatic heterocycles. The Hall–Kier alpha value is -0.610. The largest absolute Gasteiger partial charge is 0.396 e. The molecule has 0 bridgehead atoms. The zero-order valence-electron chi connectivity index (χ0n) is 14.4. The highest BCUT2D eigenvalue weighted by molar-refractivity contribution is 5.81. The van der Waals surface area contributed by atoms with Crippen LogP contribution in [0.1, 0.15) is 65.2 Å². The number of carbonyl (C=O) groups is 1. The van der Waals surface area contributed by atoms with Crippen molar-refractivity contribution in [2.45, 2.75) is 77.3 Å². The van der Waals surface area contributed by atoms with Gasteiger partial charge < -0.3 is 10.4 Å². The van der Waals surface area contributed by atoms with Gasteiger partial charge in [0.15, 0.2) is 0 Å². The minimum atomic E-state index is -0.00656. The summed E-state index contributed by atoms with van der Waals surface area (Å²) < 4.78 is 0. The van der Waals surface area contributed by atoms with Gasteiger partial charge in [-0.15, -0.1) is 0 Å². The van der Waals surface area contributed by atoms with Gasteiger partial charge in [0.05, 0.1) is 6.04 Å². The molecule has 0 unspecified atom stereocenters. The summed E-state index contributed by atoms with van der Waals surface area (Å²) in [4.78, 5) is 14.9. The van der Waals surface area contributed by atoms with E-state index < -0.39 is 0 Å². The van der Waals surface area contributed by atoms with Crippen molar-refractivity contribution < 1.29 is 9.90 Å². The number of hydrogen-bond acceptors (Lipinski definition) is 3. The lowest BCUT2D eigenvalue weighted by Crippen LogP contribution is -2.52. The predicted molar refractivity (Wildman–Crippen MR) is 89.6 cm³/mol. The highest BCUT2D eigenvalue weighted by Crippen LogP contribution is 2.25. The number of amides is 1. The number of aliphatic hydroxyl groups excluding tert-OH is 1. The number of piperidine rings is 1. The number of carbonyl (C=O) groups excluding carboxylic acids is 1. The third-order valence-corrected chi connectivity index (χ3v) is 5.79. The van der Waals surface area contributed by atoms with Gasteiger partial charge in [0, 0.05) is 12.6 Å². The first-order valence-electron chi connectivity index (χ1n) is 9.27. The number of nitrogens with one attached hydrogen (secondary N) is 1. The van der Waals surface area contributed by atoms with E-state index in [2.05, 4.69) is 24.1 Å². The number of likely N-dealkylation sites (tertiary alicyclic amines) is 1. The minimum Gasteiger partial charge on any atom is -0.396 e. The normalized spacial score (nSPS) is 29.2. The second-order valence-corrected chi connectivity index (χ2v) is 7.40. The molecule has 0 spiro atoms. The van der Waals surface area contributed by atoms with Gasteiger partial charge in [0.1, 0.15) is 0 Å². The van der Waals surface area contributed by atoms with E-state index in [0.717, 1.165) is 51.1 Å². The van der Waals surface area contributed by atoms with Crippen LogP contribution < -0.4 is 5.32 Å². The lowest BCUT2D eigenvalue weighted by molar-refractivity contribution is -0.127. The molecule has 1 heterocycles. The van der Waals surface area contributed by atoms with Crippen molar-refractivity contribution in [1.29, 1.82) is 0 Å². The van der Waals surface area contributed by atoms with E-state index in [0.29, 0.717) is 18.6 Å². The quantitative estimate of drug-likeness (QED) is 0.793. The van der Waals surface area contributed by atoms with Gasteiger partial charge in [-0.2, -0.15) is 0 Å². The molecule has 1 amide bonds. The number of nitrogens with zero attached hydrogens (tertiary/aromatic N) is 1. The zero-order valence-corrected chi connectivity index (χ0v) is 14.4. The molecule has 0 radical (unpaired) electrons. The molecular formula is C18H34N2O2. The van der Waals surface area contributed by atoms with Gasteiger partial charge in [-0.05, 0) is 70.4 Å². The molecule has 1 aliphatic carbocycles. The molecule has 128 valence electrons. The van der Waals surface area contributed by atoms with Crippen molar-refractivity contribution in [1.82, 2.24) is 10.2 Å². The summed E-state index contributed by atoms with van der Waals surface area (Å²) in [5.41, 5.74) is 0. The summed E-state index contributed by atoms with van der Waals surface area (Å²) in [7, 11) is 0. The van der Waals surface area contributed by atoms with Crippen molar-refractivity contribution >= 4 is 5.91 Å². The summed E-state index contributed by atoms with van der Waals surface area (Å²) in [6, 6.07) is 0.374. The third-order valence-electron chi connectivity index (χ3n) is 5.79. The highest BCUT2D eigenvalue weighted by Gasteiger charge is 2.29. The fraction of sp³-hybridized carbons (Fsp3) is 0.944. The molecule has 2 N–H and O–H groups in total. The Balaban J connectivity index is 1.74. The standard InChI is InChI=1S/C18H34N2O2/c1-14-6-3-4-8-17(14)19-18(22)15(2)20-11-9-16(10-12-20)7-5-13-21/h14-17,21H,3-13H2,1-2H3,(H,19,22)/t14-,15+,17+/m1/s1. The third kappa shape index (κ3) is 4.95. The van der Waals surface area contributed by atoms with Gasteiger partial charge in [-0.3, -0.25) is 9.69 Å². The Kier molecular flexibility index (Phi) is 7.16. The molecule has 3 atom stereocenters. The van der Waals surface area contributed by atoms with Crippen molar-refractivity contribution in [3.8, 4) is 0 Å². The van der Waals surface area contributed by atoms with Crippen LogP contribution in [0.5, 0.6) is 0 Å².